The fourth-order valence-corrected chi connectivity index (χ4v) is 2.88. The lowest BCUT2D eigenvalue weighted by atomic mass is 9.80. The molecule has 0 spiro atoms. The van der Waals surface area contributed by atoms with E-state index < -0.39 is 22.9 Å². The fourth-order valence-electron chi connectivity index (χ4n) is 2.63. The van der Waals surface area contributed by atoms with Gasteiger partial charge in [0.1, 0.15) is 0 Å². The molecule has 0 saturated heterocycles. The van der Waals surface area contributed by atoms with Crippen LogP contribution < -0.4 is 0 Å². The molecular weight excluding hydrogens is 296 g/mol. The Kier molecular flexibility index (Phi) is 4.09. The third-order valence-electron chi connectivity index (χ3n) is 3.49. The van der Waals surface area contributed by atoms with Gasteiger partial charge in [-0.1, -0.05) is 29.8 Å². The molecule has 7 heteroatoms. The van der Waals surface area contributed by atoms with Crippen LogP contribution in [0.25, 0.3) is 0 Å². The number of carboxylic acids is 1. The SMILES string of the molecule is CC1=NC(C)=C(C(=O)O)C(c2ccccc2Cl)C1[N+](=O)[O-]. The number of hydrogen-bond acceptors (Lipinski definition) is 4. The van der Waals surface area contributed by atoms with E-state index in [1.807, 2.05) is 0 Å². The minimum atomic E-state index is -1.24. The van der Waals surface area contributed by atoms with Gasteiger partial charge < -0.3 is 5.11 Å². The van der Waals surface area contributed by atoms with Crippen LogP contribution in [-0.4, -0.2) is 27.8 Å². The summed E-state index contributed by atoms with van der Waals surface area (Å²) < 4.78 is 0. The van der Waals surface area contributed by atoms with E-state index in [0.717, 1.165) is 0 Å². The van der Waals surface area contributed by atoms with Crippen molar-refractivity contribution in [3.05, 3.63) is 56.2 Å². The summed E-state index contributed by atoms with van der Waals surface area (Å²) in [4.78, 5) is 26.5. The molecule has 0 aliphatic carbocycles. The molecule has 110 valence electrons. The third kappa shape index (κ3) is 2.67. The molecule has 0 saturated carbocycles. The summed E-state index contributed by atoms with van der Waals surface area (Å²) >= 11 is 6.11. The number of carbonyl (C=O) groups is 1. The second kappa shape index (κ2) is 5.65. The van der Waals surface area contributed by atoms with Crippen LogP contribution in [0.15, 0.2) is 40.5 Å². The molecule has 1 aromatic rings. The molecule has 0 bridgehead atoms. The maximum absolute atomic E-state index is 11.5. The van der Waals surface area contributed by atoms with E-state index in [9.17, 15) is 20.0 Å². The Bertz CT molecular complexity index is 681. The molecule has 1 N–H and O–H groups in total. The molecule has 1 heterocycles. The van der Waals surface area contributed by atoms with Crippen molar-refractivity contribution < 1.29 is 14.8 Å². The maximum Gasteiger partial charge on any atom is 0.334 e. The van der Waals surface area contributed by atoms with Gasteiger partial charge >= 0.3 is 5.97 Å². The van der Waals surface area contributed by atoms with Crippen molar-refractivity contribution in [1.82, 2.24) is 0 Å². The van der Waals surface area contributed by atoms with Gasteiger partial charge in [0.05, 0.1) is 17.2 Å². The molecule has 0 fully saturated rings. The molecule has 1 aliphatic heterocycles. The van der Waals surface area contributed by atoms with Crippen LogP contribution in [0.3, 0.4) is 0 Å². The van der Waals surface area contributed by atoms with Crippen LogP contribution in [0.5, 0.6) is 0 Å². The standard InChI is InChI=1S/C14H13ClN2O4/c1-7-11(14(18)19)12(9-5-3-4-6-10(9)15)13(17(20)21)8(2)16-7/h3-6,12-13H,1-2H3,(H,18,19). The summed E-state index contributed by atoms with van der Waals surface area (Å²) in [5, 5.41) is 21.1. The Morgan fingerprint density at radius 1 is 1.38 bits per heavy atom. The number of allylic oxidation sites excluding steroid dienone is 1. The zero-order valence-corrected chi connectivity index (χ0v) is 12.2. The van der Waals surface area contributed by atoms with E-state index in [1.165, 1.54) is 13.8 Å². The Labute approximate surface area is 125 Å². The molecule has 0 aromatic heterocycles. The monoisotopic (exact) mass is 308 g/mol. The van der Waals surface area contributed by atoms with Gasteiger partial charge in [-0.3, -0.25) is 15.1 Å². The number of hydrogen-bond donors (Lipinski definition) is 1. The van der Waals surface area contributed by atoms with E-state index in [4.69, 9.17) is 11.6 Å². The number of carboxylic acid groups (broad SMARTS) is 1. The van der Waals surface area contributed by atoms with Crippen molar-refractivity contribution in [2.45, 2.75) is 25.8 Å². The summed E-state index contributed by atoms with van der Waals surface area (Å²) in [5.74, 6) is -2.18. The summed E-state index contributed by atoms with van der Waals surface area (Å²) in [6.45, 7) is 3.06. The van der Waals surface area contributed by atoms with Crippen LogP contribution in [0.2, 0.25) is 5.02 Å². The Balaban J connectivity index is 2.72. The molecule has 21 heavy (non-hydrogen) atoms. The molecular formula is C14H13ClN2O4. The van der Waals surface area contributed by atoms with Crippen molar-refractivity contribution in [3.63, 3.8) is 0 Å². The molecule has 2 unspecified atom stereocenters. The van der Waals surface area contributed by atoms with Gasteiger partial charge in [0.15, 0.2) is 0 Å². The van der Waals surface area contributed by atoms with Crippen LogP contribution in [0.1, 0.15) is 25.3 Å². The van der Waals surface area contributed by atoms with Crippen molar-refractivity contribution in [1.29, 1.82) is 0 Å². The third-order valence-corrected chi connectivity index (χ3v) is 3.83. The number of nitrogens with zero attached hydrogens (tertiary/aromatic N) is 2. The predicted octanol–water partition coefficient (Wildman–Crippen LogP) is 2.90. The normalized spacial score (nSPS) is 22.0. The average molecular weight is 309 g/mol. The van der Waals surface area contributed by atoms with E-state index in [2.05, 4.69) is 4.99 Å². The Morgan fingerprint density at radius 3 is 2.52 bits per heavy atom. The van der Waals surface area contributed by atoms with E-state index in [0.29, 0.717) is 10.6 Å². The lowest BCUT2D eigenvalue weighted by Gasteiger charge is -2.27. The minimum Gasteiger partial charge on any atom is -0.478 e. The van der Waals surface area contributed by atoms with E-state index in [-0.39, 0.29) is 17.0 Å². The smallest absolute Gasteiger partial charge is 0.334 e. The van der Waals surface area contributed by atoms with Crippen LogP contribution >= 0.6 is 11.6 Å². The zero-order valence-electron chi connectivity index (χ0n) is 11.4. The summed E-state index contributed by atoms with van der Waals surface area (Å²) in [7, 11) is 0. The summed E-state index contributed by atoms with van der Waals surface area (Å²) in [6, 6.07) is 5.32. The number of aliphatic carboxylic acids is 1. The number of benzene rings is 1. The molecule has 0 radical (unpaired) electrons. The molecule has 0 amide bonds. The largest absolute Gasteiger partial charge is 0.478 e. The quantitative estimate of drug-likeness (QED) is 0.686. The maximum atomic E-state index is 11.5. The van der Waals surface area contributed by atoms with Crippen LogP contribution in [0, 0.1) is 10.1 Å². The summed E-state index contributed by atoms with van der Waals surface area (Å²) in [5.41, 5.74) is 0.873. The molecule has 6 nitrogen and oxygen atoms in total. The molecule has 2 atom stereocenters. The zero-order chi connectivity index (χ0) is 15.7. The second-order valence-electron chi connectivity index (χ2n) is 4.79. The molecule has 2 rings (SSSR count). The number of rotatable bonds is 3. The first-order valence-corrected chi connectivity index (χ1v) is 6.59. The number of halogens is 1. The van der Waals surface area contributed by atoms with Gasteiger partial charge in [0.25, 0.3) is 6.04 Å². The van der Waals surface area contributed by atoms with Crippen molar-refractivity contribution in [2.24, 2.45) is 4.99 Å². The highest BCUT2D eigenvalue weighted by Crippen LogP contribution is 2.39. The highest BCUT2D eigenvalue weighted by molar-refractivity contribution is 6.31. The van der Waals surface area contributed by atoms with Crippen molar-refractivity contribution in [2.75, 3.05) is 0 Å². The Morgan fingerprint density at radius 2 is 2.00 bits per heavy atom. The lowest BCUT2D eigenvalue weighted by molar-refractivity contribution is -0.505. The van der Waals surface area contributed by atoms with E-state index >= 15 is 0 Å². The summed E-state index contributed by atoms with van der Waals surface area (Å²) in [6.07, 6.45) is 0. The van der Waals surface area contributed by atoms with Gasteiger partial charge in [0.2, 0.25) is 0 Å². The van der Waals surface area contributed by atoms with Crippen LogP contribution in [-0.2, 0) is 4.79 Å². The number of aliphatic imine (C=N–C) groups is 1. The molecule has 1 aliphatic rings. The van der Waals surface area contributed by atoms with Gasteiger partial charge in [-0.25, -0.2) is 4.79 Å². The van der Waals surface area contributed by atoms with Gasteiger partial charge in [-0.05, 0) is 25.5 Å². The Hall–Kier alpha value is -2.21. The van der Waals surface area contributed by atoms with Gasteiger partial charge in [-0.2, -0.15) is 0 Å². The van der Waals surface area contributed by atoms with Crippen molar-refractivity contribution in [3.8, 4) is 0 Å². The number of nitro groups is 1. The second-order valence-corrected chi connectivity index (χ2v) is 5.19. The first-order valence-electron chi connectivity index (χ1n) is 6.21. The average Bonchev–Trinajstić information content (AvgIpc) is 2.37. The van der Waals surface area contributed by atoms with Gasteiger partial charge in [0, 0.05) is 15.6 Å². The highest BCUT2D eigenvalue weighted by Gasteiger charge is 2.44. The fraction of sp³-hybridized carbons (Fsp3) is 0.286. The first-order chi connectivity index (χ1) is 9.84. The van der Waals surface area contributed by atoms with E-state index in [1.54, 1.807) is 24.3 Å². The van der Waals surface area contributed by atoms with Crippen LogP contribution in [0.4, 0.5) is 0 Å². The predicted molar refractivity (Wildman–Crippen MR) is 78.4 cm³/mol. The lowest BCUT2D eigenvalue weighted by Crippen LogP contribution is -2.39. The topological polar surface area (TPSA) is 92.8 Å². The molecule has 1 aromatic carbocycles. The van der Waals surface area contributed by atoms with Gasteiger partial charge in [-0.15, -0.1) is 0 Å². The minimum absolute atomic E-state index is 0.0876. The highest BCUT2D eigenvalue weighted by atomic mass is 35.5. The van der Waals surface area contributed by atoms with Crippen molar-refractivity contribution >= 4 is 23.3 Å². The first kappa shape index (κ1) is 15.2.